The Bertz CT molecular complexity index is 1520. The van der Waals surface area contributed by atoms with E-state index in [2.05, 4.69) is 5.32 Å². The predicted octanol–water partition coefficient (Wildman–Crippen LogP) is 5.51. The summed E-state index contributed by atoms with van der Waals surface area (Å²) in [6.07, 6.45) is 4.94. The van der Waals surface area contributed by atoms with E-state index in [1.807, 2.05) is 13.8 Å². The molecule has 4 rings (SSSR count). The number of hydrogen-bond donors (Lipinski definition) is 1. The van der Waals surface area contributed by atoms with Gasteiger partial charge in [-0.05, 0) is 81.1 Å². The van der Waals surface area contributed by atoms with Gasteiger partial charge < -0.3 is 15.0 Å². The van der Waals surface area contributed by atoms with Crippen molar-refractivity contribution in [2.24, 2.45) is 0 Å². The van der Waals surface area contributed by atoms with Crippen LogP contribution in [0.1, 0.15) is 55.7 Å². The van der Waals surface area contributed by atoms with Gasteiger partial charge in [-0.3, -0.25) is 13.9 Å². The van der Waals surface area contributed by atoms with Gasteiger partial charge in [0.15, 0.2) is 0 Å². The minimum atomic E-state index is -4.24. The molecule has 0 aromatic heterocycles. The lowest BCUT2D eigenvalue weighted by Crippen LogP contribution is -2.53. The number of carbonyl (C=O) groups excluding carboxylic acids is 2. The molecule has 1 saturated carbocycles. The first-order valence-electron chi connectivity index (χ1n) is 14.6. The van der Waals surface area contributed by atoms with Crippen LogP contribution in [0.4, 0.5) is 10.1 Å². The van der Waals surface area contributed by atoms with Gasteiger partial charge in [0, 0.05) is 12.6 Å². The summed E-state index contributed by atoms with van der Waals surface area (Å²) < 4.78 is 48.5. The zero-order chi connectivity index (χ0) is 31.1. The summed E-state index contributed by atoms with van der Waals surface area (Å²) in [5.74, 6) is -1.05. The maximum atomic E-state index is 14.2. The highest BCUT2D eigenvalue weighted by Crippen LogP contribution is 2.34. The van der Waals surface area contributed by atoms with Gasteiger partial charge in [-0.1, -0.05) is 55.2 Å². The van der Waals surface area contributed by atoms with Crippen molar-refractivity contribution in [1.29, 1.82) is 0 Å². The number of rotatable bonds is 11. The van der Waals surface area contributed by atoms with Crippen LogP contribution in [0.15, 0.2) is 71.6 Å². The van der Waals surface area contributed by atoms with Crippen LogP contribution in [-0.2, 0) is 26.2 Å². The van der Waals surface area contributed by atoms with Crippen molar-refractivity contribution in [1.82, 2.24) is 10.2 Å². The maximum Gasteiger partial charge on any atom is 0.264 e. The van der Waals surface area contributed by atoms with Gasteiger partial charge in [-0.2, -0.15) is 0 Å². The molecule has 1 aliphatic carbocycles. The Labute approximate surface area is 253 Å². The highest BCUT2D eigenvalue weighted by atomic mass is 32.2. The Morgan fingerprint density at radius 1 is 0.953 bits per heavy atom. The summed E-state index contributed by atoms with van der Waals surface area (Å²) in [5.41, 5.74) is 2.47. The molecule has 0 bridgehead atoms. The molecule has 8 nitrogen and oxygen atoms in total. The molecule has 3 aromatic rings. The van der Waals surface area contributed by atoms with Crippen LogP contribution in [0, 0.1) is 19.7 Å². The second-order valence-electron chi connectivity index (χ2n) is 11.2. The Kier molecular flexibility index (Phi) is 10.4. The fourth-order valence-corrected chi connectivity index (χ4v) is 6.70. The van der Waals surface area contributed by atoms with Gasteiger partial charge in [-0.25, -0.2) is 12.8 Å². The first-order chi connectivity index (χ1) is 20.5. The third-order valence-corrected chi connectivity index (χ3v) is 9.65. The lowest BCUT2D eigenvalue weighted by molar-refractivity contribution is -0.139. The van der Waals surface area contributed by atoms with Gasteiger partial charge in [-0.15, -0.1) is 0 Å². The first kappa shape index (κ1) is 32.0. The van der Waals surface area contributed by atoms with Crippen molar-refractivity contribution < 1.29 is 27.1 Å². The SMILES string of the molecule is COc1ccc(C)cc1N(CC(=O)N(Cc1ccc(F)cc1)[C@H](C)C(=O)NC1CCCCC1)S(=O)(=O)c1ccc(C)cc1. The van der Waals surface area contributed by atoms with Crippen LogP contribution in [0.3, 0.4) is 0 Å². The molecular weight excluding hydrogens is 569 g/mol. The number of sulfonamides is 1. The molecule has 2 amide bonds. The number of aryl methyl sites for hydroxylation is 2. The number of ether oxygens (including phenoxy) is 1. The van der Waals surface area contributed by atoms with E-state index in [-0.39, 0.29) is 34.8 Å². The van der Waals surface area contributed by atoms with Crippen molar-refractivity contribution in [2.45, 2.75) is 76.4 Å². The summed E-state index contributed by atoms with van der Waals surface area (Å²) in [7, 11) is -2.80. The third kappa shape index (κ3) is 7.93. The van der Waals surface area contributed by atoms with E-state index in [0.717, 1.165) is 47.5 Å². The molecule has 43 heavy (non-hydrogen) atoms. The molecule has 1 fully saturated rings. The lowest BCUT2D eigenvalue weighted by atomic mass is 9.95. The molecule has 1 aliphatic rings. The number of anilines is 1. The molecule has 1 N–H and O–H groups in total. The van der Waals surface area contributed by atoms with Crippen molar-refractivity contribution in [2.75, 3.05) is 18.0 Å². The van der Waals surface area contributed by atoms with Crippen LogP contribution < -0.4 is 14.4 Å². The predicted molar refractivity (Wildman–Crippen MR) is 165 cm³/mol. The Hall–Kier alpha value is -3.92. The standard InChI is InChI=1S/C33H40FN3O5S/c1-23-10-17-29(18-11-23)43(40,41)37(30-20-24(2)12-19-31(30)42-4)22-32(38)36(21-26-13-15-27(34)16-14-26)25(3)33(39)35-28-8-6-5-7-9-28/h10-20,25,28H,5-9,21-22H2,1-4H3,(H,35,39)/t25-/m1/s1. The van der Waals surface area contributed by atoms with Crippen molar-refractivity contribution in [3.05, 3.63) is 89.2 Å². The summed E-state index contributed by atoms with van der Waals surface area (Å²) in [6.45, 7) is 4.71. The lowest BCUT2D eigenvalue weighted by Gasteiger charge is -2.33. The van der Waals surface area contributed by atoms with Crippen LogP contribution in [-0.4, -0.2) is 50.9 Å². The van der Waals surface area contributed by atoms with E-state index in [4.69, 9.17) is 4.74 Å². The molecule has 0 heterocycles. The topological polar surface area (TPSA) is 96.0 Å². The molecule has 0 radical (unpaired) electrons. The second-order valence-corrected chi connectivity index (χ2v) is 13.0. The fraction of sp³-hybridized carbons (Fsp3) is 0.394. The molecule has 0 aliphatic heterocycles. The summed E-state index contributed by atoms with van der Waals surface area (Å²) >= 11 is 0. The van der Waals surface area contributed by atoms with Crippen molar-refractivity contribution in [3.63, 3.8) is 0 Å². The number of nitrogens with zero attached hydrogens (tertiary/aromatic N) is 2. The van der Waals surface area contributed by atoms with Gasteiger partial charge in [0.25, 0.3) is 10.0 Å². The van der Waals surface area contributed by atoms with Crippen LogP contribution >= 0.6 is 0 Å². The molecule has 0 spiro atoms. The highest BCUT2D eigenvalue weighted by Gasteiger charge is 2.34. The fourth-order valence-electron chi connectivity index (χ4n) is 5.28. The molecule has 0 unspecified atom stereocenters. The summed E-state index contributed by atoms with van der Waals surface area (Å²) in [6, 6.07) is 16.3. The van der Waals surface area contributed by atoms with Gasteiger partial charge >= 0.3 is 0 Å². The molecule has 3 aromatic carbocycles. The van der Waals surface area contributed by atoms with E-state index < -0.39 is 34.3 Å². The minimum absolute atomic E-state index is 0.0122. The van der Waals surface area contributed by atoms with Gasteiger partial charge in [0.05, 0.1) is 17.7 Å². The number of hydrogen-bond acceptors (Lipinski definition) is 5. The number of benzene rings is 3. The Morgan fingerprint density at radius 3 is 2.21 bits per heavy atom. The smallest absolute Gasteiger partial charge is 0.264 e. The number of methoxy groups -OCH3 is 1. The zero-order valence-corrected chi connectivity index (χ0v) is 26.0. The number of amides is 2. The van der Waals surface area contributed by atoms with Crippen molar-refractivity contribution >= 4 is 27.5 Å². The largest absolute Gasteiger partial charge is 0.495 e. The van der Waals surface area contributed by atoms with Gasteiger partial charge in [0.2, 0.25) is 11.8 Å². The number of carbonyl (C=O) groups is 2. The van der Waals surface area contributed by atoms with E-state index in [1.165, 1.54) is 36.3 Å². The first-order valence-corrected chi connectivity index (χ1v) is 16.0. The van der Waals surface area contributed by atoms with E-state index in [0.29, 0.717) is 5.56 Å². The summed E-state index contributed by atoms with van der Waals surface area (Å²) in [5, 5.41) is 3.08. The molecular formula is C33H40FN3O5S. The average molecular weight is 610 g/mol. The molecule has 10 heteroatoms. The van der Waals surface area contributed by atoms with Crippen LogP contribution in [0.25, 0.3) is 0 Å². The van der Waals surface area contributed by atoms with E-state index in [9.17, 15) is 22.4 Å². The Balaban J connectivity index is 1.72. The van der Waals surface area contributed by atoms with Crippen molar-refractivity contribution in [3.8, 4) is 5.75 Å². The number of nitrogens with one attached hydrogen (secondary N) is 1. The van der Waals surface area contributed by atoms with Crippen LogP contribution in [0.2, 0.25) is 0 Å². The molecule has 0 saturated heterocycles. The monoisotopic (exact) mass is 609 g/mol. The van der Waals surface area contributed by atoms with Crippen LogP contribution in [0.5, 0.6) is 5.75 Å². The average Bonchev–Trinajstić information content (AvgIpc) is 2.99. The quantitative estimate of drug-likeness (QED) is 0.309. The van der Waals surface area contributed by atoms with E-state index in [1.54, 1.807) is 49.4 Å². The normalized spacial score (nSPS) is 14.5. The maximum absolute atomic E-state index is 14.2. The minimum Gasteiger partial charge on any atom is -0.495 e. The second kappa shape index (κ2) is 14.0. The van der Waals surface area contributed by atoms with E-state index >= 15 is 0 Å². The summed E-state index contributed by atoms with van der Waals surface area (Å²) in [4.78, 5) is 29.0. The van der Waals surface area contributed by atoms with Gasteiger partial charge in [0.1, 0.15) is 24.2 Å². The highest BCUT2D eigenvalue weighted by molar-refractivity contribution is 7.92. The number of halogens is 1. The molecule has 230 valence electrons. The Morgan fingerprint density at radius 2 is 1.58 bits per heavy atom. The molecule has 1 atom stereocenters. The zero-order valence-electron chi connectivity index (χ0n) is 25.2. The third-order valence-electron chi connectivity index (χ3n) is 7.88.